The molecule has 1 N–H and O–H groups in total. The van der Waals surface area contributed by atoms with E-state index in [1.54, 1.807) is 11.9 Å². The van der Waals surface area contributed by atoms with E-state index in [4.69, 9.17) is 9.26 Å². The molecule has 3 rings (SSSR count). The van der Waals surface area contributed by atoms with Crippen LogP contribution in [0.1, 0.15) is 56.8 Å². The van der Waals surface area contributed by atoms with E-state index in [1.165, 1.54) is 0 Å². The SMILES string of the molecule is CC(C)c1noc([C@H](NC(=O)[C@@H]2CC(=O)N(C)C2)C2CCOCC2)n1. The predicted molar refractivity (Wildman–Crippen MR) is 88.6 cm³/mol. The van der Waals surface area contributed by atoms with Crippen LogP contribution < -0.4 is 5.32 Å². The molecule has 2 aliphatic rings. The fourth-order valence-electron chi connectivity index (χ4n) is 3.35. The lowest BCUT2D eigenvalue weighted by atomic mass is 9.91. The van der Waals surface area contributed by atoms with Gasteiger partial charge in [0.25, 0.3) is 0 Å². The number of hydrogen-bond acceptors (Lipinski definition) is 6. The number of rotatable bonds is 5. The molecule has 0 aliphatic carbocycles. The van der Waals surface area contributed by atoms with Crippen molar-refractivity contribution in [3.05, 3.63) is 11.7 Å². The van der Waals surface area contributed by atoms with Gasteiger partial charge in [-0.3, -0.25) is 9.59 Å². The first-order chi connectivity index (χ1) is 12.0. The molecule has 0 saturated carbocycles. The third kappa shape index (κ3) is 4.00. The number of aromatic nitrogens is 2. The van der Waals surface area contributed by atoms with Crippen molar-refractivity contribution >= 4 is 11.8 Å². The first-order valence-electron chi connectivity index (χ1n) is 8.91. The van der Waals surface area contributed by atoms with Gasteiger partial charge in [0, 0.05) is 39.1 Å². The number of carbonyl (C=O) groups is 2. The normalized spacial score (nSPS) is 23.3. The Kier molecular flexibility index (Phi) is 5.36. The second-order valence-corrected chi connectivity index (χ2v) is 7.26. The van der Waals surface area contributed by atoms with E-state index in [0.29, 0.717) is 31.5 Å². The van der Waals surface area contributed by atoms with Crippen LogP contribution in [0.4, 0.5) is 0 Å². The summed E-state index contributed by atoms with van der Waals surface area (Å²) in [6.45, 7) is 5.76. The summed E-state index contributed by atoms with van der Waals surface area (Å²) in [5, 5.41) is 7.10. The molecule has 8 heteroatoms. The monoisotopic (exact) mass is 350 g/mol. The molecular weight excluding hydrogens is 324 g/mol. The molecule has 0 bridgehead atoms. The van der Waals surface area contributed by atoms with E-state index in [-0.39, 0.29) is 42.0 Å². The number of likely N-dealkylation sites (tertiary alicyclic amines) is 1. The minimum atomic E-state index is -0.336. The molecule has 2 aliphatic heterocycles. The number of hydrogen-bond donors (Lipinski definition) is 1. The lowest BCUT2D eigenvalue weighted by molar-refractivity contribution is -0.129. The van der Waals surface area contributed by atoms with Crippen molar-refractivity contribution in [2.75, 3.05) is 26.8 Å². The van der Waals surface area contributed by atoms with Crippen LogP contribution in [0.3, 0.4) is 0 Å². The predicted octanol–water partition coefficient (Wildman–Crippen LogP) is 1.26. The highest BCUT2D eigenvalue weighted by molar-refractivity contribution is 5.89. The van der Waals surface area contributed by atoms with E-state index in [0.717, 1.165) is 12.8 Å². The lowest BCUT2D eigenvalue weighted by Crippen LogP contribution is -2.40. The Morgan fingerprint density at radius 1 is 1.32 bits per heavy atom. The topological polar surface area (TPSA) is 97.6 Å². The maximum absolute atomic E-state index is 12.7. The largest absolute Gasteiger partial charge is 0.381 e. The fraction of sp³-hybridized carbons (Fsp3) is 0.765. The smallest absolute Gasteiger partial charge is 0.249 e. The van der Waals surface area contributed by atoms with Gasteiger partial charge < -0.3 is 19.5 Å². The van der Waals surface area contributed by atoms with Crippen molar-refractivity contribution in [2.24, 2.45) is 11.8 Å². The lowest BCUT2D eigenvalue weighted by Gasteiger charge is -2.29. The average molecular weight is 350 g/mol. The molecule has 8 nitrogen and oxygen atoms in total. The van der Waals surface area contributed by atoms with Crippen LogP contribution in [0, 0.1) is 11.8 Å². The van der Waals surface area contributed by atoms with E-state index in [1.807, 2.05) is 13.8 Å². The number of nitrogens with one attached hydrogen (secondary N) is 1. The van der Waals surface area contributed by atoms with Crippen LogP contribution in [-0.4, -0.2) is 53.7 Å². The quantitative estimate of drug-likeness (QED) is 0.858. The summed E-state index contributed by atoms with van der Waals surface area (Å²) in [5.41, 5.74) is 0. The Morgan fingerprint density at radius 3 is 2.60 bits per heavy atom. The average Bonchev–Trinajstić information content (AvgIpc) is 3.21. The molecule has 25 heavy (non-hydrogen) atoms. The molecule has 2 saturated heterocycles. The highest BCUT2D eigenvalue weighted by atomic mass is 16.5. The summed E-state index contributed by atoms with van der Waals surface area (Å²) in [4.78, 5) is 30.5. The Bertz CT molecular complexity index is 624. The van der Waals surface area contributed by atoms with Crippen LogP contribution in [0.15, 0.2) is 4.52 Å². The summed E-state index contributed by atoms with van der Waals surface area (Å²) >= 11 is 0. The molecular formula is C17H26N4O4. The third-order valence-electron chi connectivity index (χ3n) is 4.99. The van der Waals surface area contributed by atoms with Crippen LogP contribution in [0.25, 0.3) is 0 Å². The first kappa shape index (κ1) is 17.8. The van der Waals surface area contributed by atoms with Gasteiger partial charge in [-0.15, -0.1) is 0 Å². The fourth-order valence-corrected chi connectivity index (χ4v) is 3.35. The van der Waals surface area contributed by atoms with Gasteiger partial charge in [0.2, 0.25) is 17.7 Å². The van der Waals surface area contributed by atoms with E-state index < -0.39 is 0 Å². The zero-order valence-corrected chi connectivity index (χ0v) is 15.0. The van der Waals surface area contributed by atoms with Crippen LogP contribution in [0.2, 0.25) is 0 Å². The Morgan fingerprint density at radius 2 is 2.04 bits per heavy atom. The number of amides is 2. The molecule has 1 aromatic rings. The summed E-state index contributed by atoms with van der Waals surface area (Å²) < 4.78 is 10.9. The summed E-state index contributed by atoms with van der Waals surface area (Å²) in [5.74, 6) is 0.977. The molecule has 0 aromatic carbocycles. The second kappa shape index (κ2) is 7.51. The molecule has 0 spiro atoms. The van der Waals surface area contributed by atoms with Crippen molar-refractivity contribution in [2.45, 2.75) is 45.1 Å². The minimum absolute atomic E-state index is 0.00245. The van der Waals surface area contributed by atoms with Crippen molar-refractivity contribution in [1.29, 1.82) is 0 Å². The molecule has 138 valence electrons. The Labute approximate surface area is 147 Å². The zero-order chi connectivity index (χ0) is 18.0. The van der Waals surface area contributed by atoms with Gasteiger partial charge in [-0.1, -0.05) is 19.0 Å². The summed E-state index contributed by atoms with van der Waals surface area (Å²) in [7, 11) is 1.72. The number of ether oxygens (including phenoxy) is 1. The Hall–Kier alpha value is -1.96. The highest BCUT2D eigenvalue weighted by Crippen LogP contribution is 2.31. The van der Waals surface area contributed by atoms with Gasteiger partial charge in [-0.2, -0.15) is 4.98 Å². The van der Waals surface area contributed by atoms with Crippen LogP contribution >= 0.6 is 0 Å². The molecule has 3 heterocycles. The van der Waals surface area contributed by atoms with Crippen molar-refractivity contribution < 1.29 is 18.8 Å². The molecule has 0 radical (unpaired) electrons. The van der Waals surface area contributed by atoms with Crippen molar-refractivity contribution in [3.63, 3.8) is 0 Å². The maximum atomic E-state index is 12.7. The molecule has 2 amide bonds. The second-order valence-electron chi connectivity index (χ2n) is 7.26. The standard InChI is InChI=1S/C17H26N4O4/c1-10(2)15-19-17(25-20-15)14(11-4-6-24-7-5-11)18-16(23)12-8-13(22)21(3)9-12/h10-12,14H,4-9H2,1-3H3,(H,18,23)/t12-,14-/m1/s1. The third-order valence-corrected chi connectivity index (χ3v) is 4.99. The van der Waals surface area contributed by atoms with Gasteiger partial charge in [-0.25, -0.2) is 0 Å². The van der Waals surface area contributed by atoms with Gasteiger partial charge in [0.1, 0.15) is 6.04 Å². The van der Waals surface area contributed by atoms with Gasteiger partial charge >= 0.3 is 0 Å². The zero-order valence-electron chi connectivity index (χ0n) is 15.0. The van der Waals surface area contributed by atoms with Gasteiger partial charge in [0.15, 0.2) is 5.82 Å². The Balaban J connectivity index is 1.76. The van der Waals surface area contributed by atoms with E-state index >= 15 is 0 Å². The summed E-state index contributed by atoms with van der Waals surface area (Å²) in [6, 6.07) is -0.336. The van der Waals surface area contributed by atoms with E-state index in [2.05, 4.69) is 15.5 Å². The minimum Gasteiger partial charge on any atom is -0.381 e. The van der Waals surface area contributed by atoms with Gasteiger partial charge in [-0.05, 0) is 18.8 Å². The number of nitrogens with zero attached hydrogens (tertiary/aromatic N) is 3. The van der Waals surface area contributed by atoms with E-state index in [9.17, 15) is 9.59 Å². The summed E-state index contributed by atoms with van der Waals surface area (Å²) in [6.07, 6.45) is 1.91. The van der Waals surface area contributed by atoms with Crippen LogP contribution in [-0.2, 0) is 14.3 Å². The molecule has 1 aromatic heterocycles. The highest BCUT2D eigenvalue weighted by Gasteiger charge is 2.37. The van der Waals surface area contributed by atoms with Crippen molar-refractivity contribution in [3.8, 4) is 0 Å². The first-order valence-corrected chi connectivity index (χ1v) is 8.91. The molecule has 2 fully saturated rings. The van der Waals surface area contributed by atoms with Crippen molar-refractivity contribution in [1.82, 2.24) is 20.4 Å². The maximum Gasteiger partial charge on any atom is 0.249 e. The number of carbonyl (C=O) groups excluding carboxylic acids is 2. The van der Waals surface area contributed by atoms with Crippen LogP contribution in [0.5, 0.6) is 0 Å². The molecule has 0 unspecified atom stereocenters. The molecule has 2 atom stereocenters. The van der Waals surface area contributed by atoms with Gasteiger partial charge in [0.05, 0.1) is 5.92 Å².